The average molecular weight is 302 g/mol. The Morgan fingerprint density at radius 3 is 2.60 bits per heavy atom. The van der Waals surface area contributed by atoms with Gasteiger partial charge in [-0.25, -0.2) is 13.1 Å². The predicted molar refractivity (Wildman–Crippen MR) is 69.0 cm³/mol. The Labute approximate surface area is 115 Å². The average Bonchev–Trinajstić information content (AvgIpc) is 2.35. The molecule has 8 nitrogen and oxygen atoms in total. The van der Waals surface area contributed by atoms with Gasteiger partial charge >= 0.3 is 0 Å². The molecule has 9 heteroatoms. The summed E-state index contributed by atoms with van der Waals surface area (Å²) in [6, 6.07) is 3.15. The molecule has 110 valence electrons. The van der Waals surface area contributed by atoms with Crippen molar-refractivity contribution in [2.75, 3.05) is 7.11 Å². The summed E-state index contributed by atoms with van der Waals surface area (Å²) in [5.41, 5.74) is -0.545. The molecule has 1 saturated carbocycles. The van der Waals surface area contributed by atoms with Gasteiger partial charge in [-0.3, -0.25) is 10.1 Å². The van der Waals surface area contributed by atoms with Crippen molar-refractivity contribution in [3.63, 3.8) is 0 Å². The zero-order valence-electron chi connectivity index (χ0n) is 10.6. The molecular formula is C11H14N2O6S. The maximum Gasteiger partial charge on any atom is 0.293 e. The maximum atomic E-state index is 12.1. The van der Waals surface area contributed by atoms with Crippen molar-refractivity contribution >= 4 is 15.7 Å². The van der Waals surface area contributed by atoms with Gasteiger partial charge in [-0.05, 0) is 25.0 Å². The molecule has 1 aliphatic carbocycles. The van der Waals surface area contributed by atoms with Crippen LogP contribution in [0, 0.1) is 10.1 Å². The molecule has 0 aliphatic heterocycles. The lowest BCUT2D eigenvalue weighted by Gasteiger charge is -2.31. The number of aliphatic hydroxyl groups is 1. The fourth-order valence-corrected chi connectivity index (χ4v) is 3.38. The number of hydrogen-bond donors (Lipinski definition) is 2. The van der Waals surface area contributed by atoms with E-state index in [-0.39, 0.29) is 5.75 Å². The van der Waals surface area contributed by atoms with E-state index >= 15 is 0 Å². The Morgan fingerprint density at radius 1 is 1.45 bits per heavy atom. The topological polar surface area (TPSA) is 119 Å². The number of aliphatic hydroxyl groups excluding tert-OH is 1. The Morgan fingerprint density at radius 2 is 2.10 bits per heavy atom. The number of benzene rings is 1. The van der Waals surface area contributed by atoms with Crippen LogP contribution in [0.4, 0.5) is 5.69 Å². The standard InChI is InChI=1S/C11H14N2O6S/c1-19-9-2-3-11(10(6-9)13(15)16)20(17,18)12-7-4-8(14)5-7/h2-3,6-8,12,14H,4-5H2,1H3. The maximum absolute atomic E-state index is 12.1. The number of nitro benzene ring substituents is 1. The van der Waals surface area contributed by atoms with Gasteiger partial charge in [-0.15, -0.1) is 0 Å². The van der Waals surface area contributed by atoms with Crippen LogP contribution >= 0.6 is 0 Å². The largest absolute Gasteiger partial charge is 0.497 e. The molecule has 0 unspecified atom stereocenters. The lowest BCUT2D eigenvalue weighted by atomic mass is 9.91. The third-order valence-electron chi connectivity index (χ3n) is 3.09. The van der Waals surface area contributed by atoms with E-state index in [0.717, 1.165) is 12.1 Å². The van der Waals surface area contributed by atoms with Crippen LogP contribution in [-0.4, -0.2) is 37.7 Å². The van der Waals surface area contributed by atoms with Gasteiger partial charge in [0.2, 0.25) is 10.0 Å². The second-order valence-corrected chi connectivity index (χ2v) is 6.22. The summed E-state index contributed by atoms with van der Waals surface area (Å²) < 4.78 is 31.4. The predicted octanol–water partition coefficient (Wildman–Crippen LogP) is 0.405. The fourth-order valence-electron chi connectivity index (χ4n) is 1.96. The Kier molecular flexibility index (Phi) is 3.93. The molecule has 0 radical (unpaired) electrons. The second-order valence-electron chi connectivity index (χ2n) is 4.53. The first-order valence-electron chi connectivity index (χ1n) is 5.86. The van der Waals surface area contributed by atoms with Crippen LogP contribution in [-0.2, 0) is 10.0 Å². The lowest BCUT2D eigenvalue weighted by Crippen LogP contribution is -2.46. The Hall–Kier alpha value is -1.71. The minimum absolute atomic E-state index is 0.203. The quantitative estimate of drug-likeness (QED) is 0.600. The third-order valence-corrected chi connectivity index (χ3v) is 4.66. The molecule has 0 saturated heterocycles. The van der Waals surface area contributed by atoms with Crippen molar-refractivity contribution in [3.05, 3.63) is 28.3 Å². The Bertz CT molecular complexity index is 624. The van der Waals surface area contributed by atoms with Gasteiger partial charge in [0.15, 0.2) is 4.90 Å². The van der Waals surface area contributed by atoms with Crippen molar-refractivity contribution in [2.45, 2.75) is 29.9 Å². The van der Waals surface area contributed by atoms with E-state index in [9.17, 15) is 18.5 Å². The molecule has 1 aromatic carbocycles. The van der Waals surface area contributed by atoms with Gasteiger partial charge in [0.05, 0.1) is 24.2 Å². The van der Waals surface area contributed by atoms with E-state index < -0.39 is 37.7 Å². The summed E-state index contributed by atoms with van der Waals surface area (Å²) in [6.07, 6.45) is 0.0976. The molecule has 1 fully saturated rings. The Balaban J connectivity index is 2.33. The molecule has 0 atom stereocenters. The van der Waals surface area contributed by atoms with E-state index in [4.69, 9.17) is 9.84 Å². The molecule has 1 aliphatic rings. The highest BCUT2D eigenvalue weighted by Crippen LogP contribution is 2.29. The number of ether oxygens (including phenoxy) is 1. The summed E-state index contributed by atoms with van der Waals surface area (Å²) in [7, 11) is -2.67. The summed E-state index contributed by atoms with van der Waals surface area (Å²) in [5, 5.41) is 20.1. The third kappa shape index (κ3) is 2.89. The SMILES string of the molecule is COc1ccc(S(=O)(=O)NC2CC(O)C2)c([N+](=O)[O-])c1. The molecule has 2 rings (SSSR count). The van der Waals surface area contributed by atoms with Gasteiger partial charge in [-0.2, -0.15) is 0 Å². The van der Waals surface area contributed by atoms with Crippen molar-refractivity contribution < 1.29 is 23.2 Å². The van der Waals surface area contributed by atoms with Gasteiger partial charge in [-0.1, -0.05) is 0 Å². The zero-order chi connectivity index (χ0) is 14.9. The summed E-state index contributed by atoms with van der Waals surface area (Å²) in [4.78, 5) is 9.79. The molecule has 0 heterocycles. The first kappa shape index (κ1) is 14.7. The first-order valence-corrected chi connectivity index (χ1v) is 7.34. The summed E-state index contributed by atoms with van der Waals surface area (Å²) in [5.74, 6) is 0.203. The van der Waals surface area contributed by atoms with Crippen LogP contribution in [0.25, 0.3) is 0 Å². The molecular weight excluding hydrogens is 288 g/mol. The van der Waals surface area contributed by atoms with E-state index in [0.29, 0.717) is 12.8 Å². The molecule has 0 aromatic heterocycles. The smallest absolute Gasteiger partial charge is 0.293 e. The fraction of sp³-hybridized carbons (Fsp3) is 0.455. The number of rotatable bonds is 5. The van der Waals surface area contributed by atoms with Crippen LogP contribution in [0.1, 0.15) is 12.8 Å². The van der Waals surface area contributed by atoms with Crippen molar-refractivity contribution in [3.8, 4) is 5.75 Å². The highest BCUT2D eigenvalue weighted by Gasteiger charge is 2.34. The molecule has 1 aromatic rings. The van der Waals surface area contributed by atoms with Gasteiger partial charge < -0.3 is 9.84 Å². The number of nitrogens with zero attached hydrogens (tertiary/aromatic N) is 1. The van der Waals surface area contributed by atoms with E-state index in [1.54, 1.807) is 0 Å². The second kappa shape index (κ2) is 5.35. The van der Waals surface area contributed by atoms with E-state index in [1.165, 1.54) is 13.2 Å². The normalized spacial score (nSPS) is 22.1. The highest BCUT2D eigenvalue weighted by molar-refractivity contribution is 7.89. The number of methoxy groups -OCH3 is 1. The van der Waals surface area contributed by atoms with Crippen LogP contribution in [0.5, 0.6) is 5.75 Å². The van der Waals surface area contributed by atoms with Gasteiger partial charge in [0, 0.05) is 6.04 Å². The lowest BCUT2D eigenvalue weighted by molar-refractivity contribution is -0.387. The highest BCUT2D eigenvalue weighted by atomic mass is 32.2. The van der Waals surface area contributed by atoms with Crippen LogP contribution in [0.2, 0.25) is 0 Å². The molecule has 2 N–H and O–H groups in total. The van der Waals surface area contributed by atoms with Crippen LogP contribution < -0.4 is 9.46 Å². The van der Waals surface area contributed by atoms with Crippen molar-refractivity contribution in [1.82, 2.24) is 4.72 Å². The van der Waals surface area contributed by atoms with E-state index in [1.807, 2.05) is 0 Å². The van der Waals surface area contributed by atoms with E-state index in [2.05, 4.69) is 4.72 Å². The molecule has 0 bridgehead atoms. The van der Waals surface area contributed by atoms with Crippen molar-refractivity contribution in [1.29, 1.82) is 0 Å². The molecule has 0 amide bonds. The molecule has 0 spiro atoms. The van der Waals surface area contributed by atoms with Crippen LogP contribution in [0.15, 0.2) is 23.1 Å². The van der Waals surface area contributed by atoms with Gasteiger partial charge in [0.1, 0.15) is 5.75 Å². The zero-order valence-corrected chi connectivity index (χ0v) is 11.5. The number of nitrogens with one attached hydrogen (secondary N) is 1. The number of hydrogen-bond acceptors (Lipinski definition) is 6. The van der Waals surface area contributed by atoms with Gasteiger partial charge in [0.25, 0.3) is 5.69 Å². The molecule has 20 heavy (non-hydrogen) atoms. The number of nitro groups is 1. The first-order chi connectivity index (χ1) is 9.33. The number of sulfonamides is 1. The van der Waals surface area contributed by atoms with Crippen LogP contribution in [0.3, 0.4) is 0 Å². The minimum atomic E-state index is -4.00. The summed E-state index contributed by atoms with van der Waals surface area (Å²) in [6.45, 7) is 0. The minimum Gasteiger partial charge on any atom is -0.497 e. The van der Waals surface area contributed by atoms with Crippen molar-refractivity contribution in [2.24, 2.45) is 0 Å². The monoisotopic (exact) mass is 302 g/mol. The summed E-state index contributed by atoms with van der Waals surface area (Å²) >= 11 is 0.